The lowest BCUT2D eigenvalue weighted by molar-refractivity contribution is 0.0520. The molecule has 0 aliphatic carbocycles. The Kier molecular flexibility index (Phi) is 6.72. The number of alkyl carbamates (subject to hydrolysis) is 1. The summed E-state index contributed by atoms with van der Waals surface area (Å²) in [7, 11) is 0. The normalized spacial score (nSPS) is 11.3. The number of hydrogen-bond acceptors (Lipinski definition) is 4. The lowest BCUT2D eigenvalue weighted by Gasteiger charge is -2.19. The zero-order valence-electron chi connectivity index (χ0n) is 16.7. The molecular formula is C22H29NO4. The summed E-state index contributed by atoms with van der Waals surface area (Å²) in [4.78, 5) is 11.6. The van der Waals surface area contributed by atoms with Gasteiger partial charge in [-0.2, -0.15) is 0 Å². The minimum Gasteiger partial charge on any atom is -0.504 e. The summed E-state index contributed by atoms with van der Waals surface area (Å²) in [6, 6.07) is 13.6. The van der Waals surface area contributed by atoms with Gasteiger partial charge in [0.15, 0.2) is 11.5 Å². The van der Waals surface area contributed by atoms with E-state index in [1.54, 1.807) is 32.9 Å². The molecule has 0 unspecified atom stereocenters. The molecule has 2 aromatic rings. The molecule has 0 aromatic heterocycles. The molecule has 2 aromatic carbocycles. The summed E-state index contributed by atoms with van der Waals surface area (Å²) < 4.78 is 10.7. The van der Waals surface area contributed by atoms with E-state index in [0.29, 0.717) is 11.7 Å². The number of phenols is 1. The van der Waals surface area contributed by atoms with Crippen molar-refractivity contribution in [3.05, 3.63) is 48.0 Å². The first-order valence-electron chi connectivity index (χ1n) is 9.19. The highest BCUT2D eigenvalue weighted by molar-refractivity contribution is 5.68. The SMILES string of the molecule is CC(C)c1cccc(-c2ccc(OCCNC(=O)OC(C)(C)C)c(O)c2)c1. The number of hydrogen-bond donors (Lipinski definition) is 2. The topological polar surface area (TPSA) is 67.8 Å². The average Bonchev–Trinajstić information content (AvgIpc) is 2.58. The molecule has 0 saturated heterocycles. The van der Waals surface area contributed by atoms with Crippen LogP contribution in [-0.4, -0.2) is 30.0 Å². The van der Waals surface area contributed by atoms with Crippen LogP contribution >= 0.6 is 0 Å². The minimum atomic E-state index is -0.536. The number of carbonyl (C=O) groups is 1. The fourth-order valence-electron chi connectivity index (χ4n) is 2.52. The van der Waals surface area contributed by atoms with Crippen LogP contribution in [0.5, 0.6) is 11.5 Å². The Bertz CT molecular complexity index is 778. The monoisotopic (exact) mass is 371 g/mol. The van der Waals surface area contributed by atoms with Crippen LogP contribution in [0.2, 0.25) is 0 Å². The lowest BCUT2D eigenvalue weighted by atomic mass is 9.97. The second kappa shape index (κ2) is 8.80. The average molecular weight is 371 g/mol. The molecule has 0 aliphatic heterocycles. The summed E-state index contributed by atoms with van der Waals surface area (Å²) in [5.41, 5.74) is 2.69. The highest BCUT2D eigenvalue weighted by Crippen LogP contribution is 2.32. The molecule has 0 radical (unpaired) electrons. The van der Waals surface area contributed by atoms with Gasteiger partial charge in [0, 0.05) is 0 Å². The standard InChI is InChI=1S/C22H29NO4/c1-15(2)16-7-6-8-17(13-16)18-9-10-20(19(24)14-18)26-12-11-23-21(25)27-22(3,4)5/h6-10,13-15,24H,11-12H2,1-5H3,(H,23,25). The quantitative estimate of drug-likeness (QED) is 0.694. The van der Waals surface area contributed by atoms with Crippen molar-refractivity contribution in [1.82, 2.24) is 5.32 Å². The van der Waals surface area contributed by atoms with Gasteiger partial charge in [-0.3, -0.25) is 0 Å². The lowest BCUT2D eigenvalue weighted by Crippen LogP contribution is -2.34. The molecular weight excluding hydrogens is 342 g/mol. The van der Waals surface area contributed by atoms with Crippen LogP contribution in [0.4, 0.5) is 4.79 Å². The molecule has 146 valence electrons. The molecule has 0 saturated carbocycles. The Morgan fingerprint density at radius 1 is 1.11 bits per heavy atom. The van der Waals surface area contributed by atoms with Crippen LogP contribution in [0.3, 0.4) is 0 Å². The van der Waals surface area contributed by atoms with Gasteiger partial charge in [-0.25, -0.2) is 4.79 Å². The smallest absolute Gasteiger partial charge is 0.407 e. The van der Waals surface area contributed by atoms with E-state index in [4.69, 9.17) is 9.47 Å². The molecule has 1 amide bonds. The maximum absolute atomic E-state index is 11.6. The molecule has 5 nitrogen and oxygen atoms in total. The third kappa shape index (κ3) is 6.51. The maximum atomic E-state index is 11.6. The number of rotatable bonds is 6. The maximum Gasteiger partial charge on any atom is 0.407 e. The zero-order valence-corrected chi connectivity index (χ0v) is 16.7. The van der Waals surface area contributed by atoms with Crippen LogP contribution < -0.4 is 10.1 Å². The fourth-order valence-corrected chi connectivity index (χ4v) is 2.52. The summed E-state index contributed by atoms with van der Waals surface area (Å²) in [6.45, 7) is 10.2. The molecule has 2 N–H and O–H groups in total. The first-order chi connectivity index (χ1) is 12.7. The number of phenolic OH excluding ortho intramolecular Hbond substituents is 1. The van der Waals surface area contributed by atoms with Crippen molar-refractivity contribution in [3.63, 3.8) is 0 Å². The number of nitrogens with one attached hydrogen (secondary N) is 1. The minimum absolute atomic E-state index is 0.0692. The van der Waals surface area contributed by atoms with Crippen LogP contribution in [0.25, 0.3) is 11.1 Å². The van der Waals surface area contributed by atoms with Gasteiger partial charge in [-0.1, -0.05) is 44.2 Å². The predicted octanol–water partition coefficient (Wildman–Crippen LogP) is 5.09. The first-order valence-corrected chi connectivity index (χ1v) is 9.19. The molecule has 0 fully saturated rings. The molecule has 2 rings (SSSR count). The van der Waals surface area contributed by atoms with Crippen molar-refractivity contribution in [2.24, 2.45) is 0 Å². The van der Waals surface area contributed by atoms with E-state index in [9.17, 15) is 9.90 Å². The summed E-state index contributed by atoms with van der Waals surface area (Å²) in [5, 5.41) is 12.9. The molecule has 5 heteroatoms. The van der Waals surface area contributed by atoms with Gasteiger partial charge in [0.1, 0.15) is 12.2 Å². The van der Waals surface area contributed by atoms with Crippen molar-refractivity contribution >= 4 is 6.09 Å². The number of ether oxygens (including phenoxy) is 2. The van der Waals surface area contributed by atoms with Crippen molar-refractivity contribution < 1.29 is 19.4 Å². The van der Waals surface area contributed by atoms with Gasteiger partial charge in [0.2, 0.25) is 0 Å². The Morgan fingerprint density at radius 2 is 1.81 bits per heavy atom. The Labute approximate surface area is 161 Å². The van der Waals surface area contributed by atoms with E-state index >= 15 is 0 Å². The largest absolute Gasteiger partial charge is 0.504 e. The summed E-state index contributed by atoms with van der Waals surface area (Å²) in [6.07, 6.45) is -0.490. The van der Waals surface area contributed by atoms with Gasteiger partial charge >= 0.3 is 6.09 Å². The van der Waals surface area contributed by atoms with Crippen LogP contribution in [0.15, 0.2) is 42.5 Å². The first kappa shape index (κ1) is 20.6. The van der Waals surface area contributed by atoms with E-state index in [1.807, 2.05) is 18.2 Å². The van der Waals surface area contributed by atoms with E-state index in [2.05, 4.69) is 31.3 Å². The second-order valence-electron chi connectivity index (χ2n) is 7.74. The molecule has 0 heterocycles. The van der Waals surface area contributed by atoms with E-state index in [-0.39, 0.29) is 18.9 Å². The fraction of sp³-hybridized carbons (Fsp3) is 0.409. The van der Waals surface area contributed by atoms with Crippen molar-refractivity contribution in [3.8, 4) is 22.6 Å². The molecule has 0 spiro atoms. The van der Waals surface area contributed by atoms with Gasteiger partial charge in [-0.05, 0) is 55.5 Å². The summed E-state index contributed by atoms with van der Waals surface area (Å²) >= 11 is 0. The number of benzene rings is 2. The zero-order chi connectivity index (χ0) is 20.0. The summed E-state index contributed by atoms with van der Waals surface area (Å²) in [5.74, 6) is 0.892. The van der Waals surface area contributed by atoms with Gasteiger partial charge in [-0.15, -0.1) is 0 Å². The third-order valence-corrected chi connectivity index (χ3v) is 3.87. The predicted molar refractivity (Wildman–Crippen MR) is 107 cm³/mol. The number of amides is 1. The van der Waals surface area contributed by atoms with Gasteiger partial charge < -0.3 is 19.9 Å². The Hall–Kier alpha value is -2.69. The van der Waals surface area contributed by atoms with Gasteiger partial charge in [0.05, 0.1) is 6.54 Å². The van der Waals surface area contributed by atoms with Gasteiger partial charge in [0.25, 0.3) is 0 Å². The van der Waals surface area contributed by atoms with Crippen molar-refractivity contribution in [1.29, 1.82) is 0 Å². The molecule has 27 heavy (non-hydrogen) atoms. The van der Waals surface area contributed by atoms with Crippen LogP contribution in [0.1, 0.15) is 46.1 Å². The van der Waals surface area contributed by atoms with E-state index in [1.165, 1.54) is 5.56 Å². The highest BCUT2D eigenvalue weighted by atomic mass is 16.6. The highest BCUT2D eigenvalue weighted by Gasteiger charge is 2.15. The van der Waals surface area contributed by atoms with Crippen molar-refractivity contribution in [2.45, 2.75) is 46.1 Å². The number of aromatic hydroxyl groups is 1. The third-order valence-electron chi connectivity index (χ3n) is 3.87. The van der Waals surface area contributed by atoms with Crippen LogP contribution in [-0.2, 0) is 4.74 Å². The molecule has 0 aliphatic rings. The molecule has 0 atom stereocenters. The van der Waals surface area contributed by atoms with E-state index in [0.717, 1.165) is 11.1 Å². The Balaban J connectivity index is 1.93. The van der Waals surface area contributed by atoms with E-state index < -0.39 is 11.7 Å². The second-order valence-corrected chi connectivity index (χ2v) is 7.74. The molecule has 0 bridgehead atoms. The van der Waals surface area contributed by atoms with Crippen LogP contribution in [0, 0.1) is 0 Å². The number of carbonyl (C=O) groups excluding carboxylic acids is 1. The Morgan fingerprint density at radius 3 is 2.44 bits per heavy atom. The van der Waals surface area contributed by atoms with Crippen molar-refractivity contribution in [2.75, 3.05) is 13.2 Å².